The first-order valence-corrected chi connectivity index (χ1v) is 6.67. The van der Waals surface area contributed by atoms with Crippen molar-refractivity contribution in [3.05, 3.63) is 29.3 Å². The van der Waals surface area contributed by atoms with Crippen LogP contribution >= 0.6 is 0 Å². The minimum atomic E-state index is 0.580. The van der Waals surface area contributed by atoms with E-state index < -0.39 is 0 Å². The Morgan fingerprint density at radius 2 is 2.12 bits per heavy atom. The standard InChI is InChI=1S/C14H21N3/c15-10-12-5-4-11-2-1-3-13(14(11)12)17-8-6-16-7-9-17/h1-3,12,16H,4-10,15H2. The summed E-state index contributed by atoms with van der Waals surface area (Å²) >= 11 is 0. The molecule has 0 spiro atoms. The van der Waals surface area contributed by atoms with Gasteiger partial charge in [-0.25, -0.2) is 0 Å². The highest BCUT2D eigenvalue weighted by molar-refractivity contribution is 5.60. The number of piperazine rings is 1. The molecule has 3 rings (SSSR count). The van der Waals surface area contributed by atoms with Crippen molar-refractivity contribution in [2.24, 2.45) is 5.73 Å². The smallest absolute Gasteiger partial charge is 0.0405 e. The number of benzene rings is 1. The molecule has 2 aliphatic rings. The molecule has 0 saturated carbocycles. The molecule has 1 unspecified atom stereocenters. The fraction of sp³-hybridized carbons (Fsp3) is 0.571. The third kappa shape index (κ3) is 1.94. The summed E-state index contributed by atoms with van der Waals surface area (Å²) in [7, 11) is 0. The first kappa shape index (κ1) is 11.1. The van der Waals surface area contributed by atoms with Crippen LogP contribution in [0.25, 0.3) is 0 Å². The summed E-state index contributed by atoms with van der Waals surface area (Å²) in [5.41, 5.74) is 10.4. The number of aryl methyl sites for hydroxylation is 1. The van der Waals surface area contributed by atoms with Crippen LogP contribution in [0.15, 0.2) is 18.2 Å². The van der Waals surface area contributed by atoms with Gasteiger partial charge in [0.05, 0.1) is 0 Å². The van der Waals surface area contributed by atoms with Gasteiger partial charge >= 0.3 is 0 Å². The SMILES string of the molecule is NCC1CCc2cccc(N3CCNCC3)c21. The van der Waals surface area contributed by atoms with Crippen LogP contribution in [0.2, 0.25) is 0 Å². The number of anilines is 1. The van der Waals surface area contributed by atoms with E-state index in [2.05, 4.69) is 28.4 Å². The molecule has 1 aromatic rings. The maximum absolute atomic E-state index is 5.92. The van der Waals surface area contributed by atoms with Crippen molar-refractivity contribution in [3.8, 4) is 0 Å². The van der Waals surface area contributed by atoms with E-state index >= 15 is 0 Å². The van der Waals surface area contributed by atoms with Gasteiger partial charge in [-0.05, 0) is 42.5 Å². The van der Waals surface area contributed by atoms with E-state index in [4.69, 9.17) is 5.73 Å². The number of rotatable bonds is 2. The molecule has 0 radical (unpaired) electrons. The summed E-state index contributed by atoms with van der Waals surface area (Å²) in [6.07, 6.45) is 2.44. The van der Waals surface area contributed by atoms with Crippen LogP contribution < -0.4 is 16.0 Å². The van der Waals surface area contributed by atoms with Gasteiger partial charge in [0.2, 0.25) is 0 Å². The van der Waals surface area contributed by atoms with Crippen molar-refractivity contribution >= 4 is 5.69 Å². The van der Waals surface area contributed by atoms with Crippen LogP contribution in [0.4, 0.5) is 5.69 Å². The van der Waals surface area contributed by atoms with Crippen LogP contribution in [-0.4, -0.2) is 32.7 Å². The lowest BCUT2D eigenvalue weighted by Gasteiger charge is -2.32. The molecular weight excluding hydrogens is 210 g/mol. The first-order valence-electron chi connectivity index (χ1n) is 6.67. The van der Waals surface area contributed by atoms with Crippen LogP contribution in [-0.2, 0) is 6.42 Å². The summed E-state index contributed by atoms with van der Waals surface area (Å²) in [6.45, 7) is 5.21. The van der Waals surface area contributed by atoms with Crippen LogP contribution in [0.5, 0.6) is 0 Å². The predicted molar refractivity (Wildman–Crippen MR) is 71.6 cm³/mol. The highest BCUT2D eigenvalue weighted by Gasteiger charge is 2.26. The number of fused-ring (bicyclic) bond motifs is 1. The Balaban J connectivity index is 1.96. The normalized spacial score (nSPS) is 23.8. The van der Waals surface area contributed by atoms with Crippen LogP contribution in [0.1, 0.15) is 23.5 Å². The topological polar surface area (TPSA) is 41.3 Å². The number of nitrogens with one attached hydrogen (secondary N) is 1. The van der Waals surface area contributed by atoms with Crippen LogP contribution in [0.3, 0.4) is 0 Å². The zero-order valence-electron chi connectivity index (χ0n) is 10.3. The second-order valence-electron chi connectivity index (χ2n) is 5.06. The quantitative estimate of drug-likeness (QED) is 0.800. The minimum Gasteiger partial charge on any atom is -0.369 e. The zero-order valence-corrected chi connectivity index (χ0v) is 10.3. The summed E-state index contributed by atoms with van der Waals surface area (Å²) in [5, 5.41) is 3.41. The van der Waals surface area contributed by atoms with Gasteiger partial charge in [-0.1, -0.05) is 12.1 Å². The van der Waals surface area contributed by atoms with Crippen molar-refractivity contribution in [1.29, 1.82) is 0 Å². The number of nitrogens with zero attached hydrogens (tertiary/aromatic N) is 1. The molecule has 1 aliphatic heterocycles. The van der Waals surface area contributed by atoms with Crippen molar-refractivity contribution in [3.63, 3.8) is 0 Å². The zero-order chi connectivity index (χ0) is 11.7. The molecule has 17 heavy (non-hydrogen) atoms. The first-order chi connectivity index (χ1) is 8.40. The van der Waals surface area contributed by atoms with E-state index in [1.165, 1.54) is 29.7 Å². The Morgan fingerprint density at radius 3 is 2.88 bits per heavy atom. The van der Waals surface area contributed by atoms with E-state index in [0.717, 1.165) is 32.7 Å². The minimum absolute atomic E-state index is 0.580. The molecule has 1 saturated heterocycles. The maximum Gasteiger partial charge on any atom is 0.0405 e. The molecular formula is C14H21N3. The van der Waals surface area contributed by atoms with E-state index in [0.29, 0.717) is 5.92 Å². The summed E-state index contributed by atoms with van der Waals surface area (Å²) in [5.74, 6) is 0.580. The maximum atomic E-state index is 5.92. The van der Waals surface area contributed by atoms with Gasteiger partial charge < -0.3 is 16.0 Å². The van der Waals surface area contributed by atoms with E-state index in [1.807, 2.05) is 0 Å². The Morgan fingerprint density at radius 1 is 1.29 bits per heavy atom. The molecule has 92 valence electrons. The fourth-order valence-corrected chi connectivity index (χ4v) is 3.18. The second-order valence-corrected chi connectivity index (χ2v) is 5.06. The number of hydrogen-bond acceptors (Lipinski definition) is 3. The van der Waals surface area contributed by atoms with Gasteiger partial charge in [0.1, 0.15) is 0 Å². The monoisotopic (exact) mass is 231 g/mol. The van der Waals surface area contributed by atoms with E-state index in [9.17, 15) is 0 Å². The molecule has 0 bridgehead atoms. The molecule has 1 aromatic carbocycles. The van der Waals surface area contributed by atoms with Gasteiger partial charge in [0.25, 0.3) is 0 Å². The number of nitrogens with two attached hydrogens (primary N) is 1. The Hall–Kier alpha value is -1.06. The Kier molecular flexibility index (Phi) is 3.04. The van der Waals surface area contributed by atoms with Crippen molar-refractivity contribution in [1.82, 2.24) is 5.32 Å². The van der Waals surface area contributed by atoms with Gasteiger partial charge in [-0.15, -0.1) is 0 Å². The fourth-order valence-electron chi connectivity index (χ4n) is 3.18. The predicted octanol–water partition coefficient (Wildman–Crippen LogP) is 1.08. The lowest BCUT2D eigenvalue weighted by molar-refractivity contribution is 0.585. The van der Waals surface area contributed by atoms with Gasteiger partial charge in [0, 0.05) is 31.9 Å². The molecule has 1 aliphatic carbocycles. The highest BCUT2D eigenvalue weighted by Crippen LogP contribution is 2.39. The average Bonchev–Trinajstić information content (AvgIpc) is 2.82. The van der Waals surface area contributed by atoms with Crippen molar-refractivity contribution in [2.75, 3.05) is 37.6 Å². The summed E-state index contributed by atoms with van der Waals surface area (Å²) in [4.78, 5) is 2.52. The van der Waals surface area contributed by atoms with Gasteiger partial charge in [-0.2, -0.15) is 0 Å². The van der Waals surface area contributed by atoms with Crippen LogP contribution in [0, 0.1) is 0 Å². The average molecular weight is 231 g/mol. The lowest BCUT2D eigenvalue weighted by atomic mass is 9.98. The molecule has 3 heteroatoms. The van der Waals surface area contributed by atoms with Crippen molar-refractivity contribution in [2.45, 2.75) is 18.8 Å². The van der Waals surface area contributed by atoms with E-state index in [1.54, 1.807) is 0 Å². The summed E-state index contributed by atoms with van der Waals surface area (Å²) < 4.78 is 0. The Labute approximate surface area is 103 Å². The highest BCUT2D eigenvalue weighted by atomic mass is 15.2. The lowest BCUT2D eigenvalue weighted by Crippen LogP contribution is -2.44. The van der Waals surface area contributed by atoms with Crippen molar-refractivity contribution < 1.29 is 0 Å². The molecule has 1 atom stereocenters. The molecule has 1 fully saturated rings. The Bertz CT molecular complexity index is 396. The van der Waals surface area contributed by atoms with Gasteiger partial charge in [0.15, 0.2) is 0 Å². The molecule has 1 heterocycles. The molecule has 3 N–H and O–H groups in total. The second kappa shape index (κ2) is 4.67. The largest absolute Gasteiger partial charge is 0.369 e. The third-order valence-electron chi connectivity index (χ3n) is 4.09. The molecule has 0 amide bonds. The summed E-state index contributed by atoms with van der Waals surface area (Å²) in [6, 6.07) is 6.75. The van der Waals surface area contributed by atoms with Gasteiger partial charge in [-0.3, -0.25) is 0 Å². The van der Waals surface area contributed by atoms with E-state index in [-0.39, 0.29) is 0 Å². The molecule has 3 nitrogen and oxygen atoms in total. The molecule has 0 aromatic heterocycles. The third-order valence-corrected chi connectivity index (χ3v) is 4.09. The number of hydrogen-bond donors (Lipinski definition) is 2.